The predicted octanol–water partition coefficient (Wildman–Crippen LogP) is 3.48. The van der Waals surface area contributed by atoms with E-state index in [0.717, 1.165) is 22.1 Å². The number of nitrogens with two attached hydrogens (primary N) is 1. The normalized spacial score (nSPS) is 20.7. The molecule has 1 heterocycles. The van der Waals surface area contributed by atoms with Gasteiger partial charge in [-0.05, 0) is 44.7 Å². The van der Waals surface area contributed by atoms with Crippen LogP contribution in [0.1, 0.15) is 39.2 Å². The third-order valence-electron chi connectivity index (χ3n) is 5.06. The fourth-order valence-corrected chi connectivity index (χ4v) is 2.95. The first kappa shape index (κ1) is 16.3. The van der Waals surface area contributed by atoms with E-state index in [4.69, 9.17) is 19.8 Å². The number of hydrogen-bond acceptors (Lipinski definition) is 4. The van der Waals surface area contributed by atoms with Crippen LogP contribution in [0.25, 0.3) is 10.8 Å². The van der Waals surface area contributed by atoms with Gasteiger partial charge in [0.25, 0.3) is 0 Å². The van der Waals surface area contributed by atoms with Crippen LogP contribution >= 0.6 is 0 Å². The minimum atomic E-state index is -0.475. The van der Waals surface area contributed by atoms with Crippen LogP contribution in [-0.4, -0.2) is 25.4 Å². The van der Waals surface area contributed by atoms with Crippen molar-refractivity contribution in [3.05, 3.63) is 42.0 Å². The van der Waals surface area contributed by atoms with Gasteiger partial charge in [-0.3, -0.25) is 0 Å². The average Bonchev–Trinajstić information content (AvgIpc) is 2.73. The van der Waals surface area contributed by atoms with Crippen molar-refractivity contribution in [2.24, 2.45) is 5.73 Å². The molecular formula is C18H24BNO3. The summed E-state index contributed by atoms with van der Waals surface area (Å²) < 4.78 is 17.7. The lowest BCUT2D eigenvalue weighted by molar-refractivity contribution is 0.00578. The van der Waals surface area contributed by atoms with Gasteiger partial charge in [-0.2, -0.15) is 0 Å². The molecule has 0 bridgehead atoms. The Bertz CT molecular complexity index is 713. The summed E-state index contributed by atoms with van der Waals surface area (Å²) in [6.45, 7) is 8.13. The van der Waals surface area contributed by atoms with Crippen LogP contribution < -0.4 is 10.5 Å². The summed E-state index contributed by atoms with van der Waals surface area (Å²) in [5.74, 6) is 0.470. The highest BCUT2D eigenvalue weighted by molar-refractivity contribution is 6.47. The van der Waals surface area contributed by atoms with Crippen LogP contribution in [-0.2, 0) is 9.31 Å². The monoisotopic (exact) mass is 313 g/mol. The second-order valence-corrected chi connectivity index (χ2v) is 7.05. The van der Waals surface area contributed by atoms with Crippen molar-refractivity contribution >= 4 is 17.9 Å². The largest absolute Gasteiger partial charge is 0.496 e. The molecule has 0 unspecified atom stereocenters. The molecule has 0 radical (unpaired) electrons. The molecule has 0 aromatic heterocycles. The molecule has 0 spiro atoms. The fraction of sp³-hybridized carbons (Fsp3) is 0.444. The van der Waals surface area contributed by atoms with Crippen molar-refractivity contribution in [3.63, 3.8) is 0 Å². The average molecular weight is 313 g/mol. The van der Waals surface area contributed by atoms with Gasteiger partial charge in [0.2, 0.25) is 0 Å². The summed E-state index contributed by atoms with van der Waals surface area (Å²) in [4.78, 5) is 0. The minimum Gasteiger partial charge on any atom is -0.496 e. The zero-order chi connectivity index (χ0) is 16.8. The van der Waals surface area contributed by atoms with Gasteiger partial charge in [0.05, 0.1) is 24.3 Å². The van der Waals surface area contributed by atoms with Gasteiger partial charge in [0.1, 0.15) is 5.75 Å². The van der Waals surface area contributed by atoms with Crippen molar-refractivity contribution in [1.29, 1.82) is 0 Å². The summed E-state index contributed by atoms with van der Waals surface area (Å²) in [5, 5.41) is 2.11. The van der Waals surface area contributed by atoms with Crippen molar-refractivity contribution in [2.45, 2.75) is 44.8 Å². The summed E-state index contributed by atoms with van der Waals surface area (Å²) in [6.07, 6.45) is 0. The Balaban J connectivity index is 2.01. The summed E-state index contributed by atoms with van der Waals surface area (Å²) >= 11 is 0. The van der Waals surface area contributed by atoms with Crippen molar-refractivity contribution < 1.29 is 14.0 Å². The Labute approximate surface area is 138 Å². The first-order chi connectivity index (χ1) is 10.8. The summed E-state index contributed by atoms with van der Waals surface area (Å²) in [6, 6.07) is 12.0. The van der Waals surface area contributed by atoms with Crippen LogP contribution in [0.4, 0.5) is 0 Å². The van der Waals surface area contributed by atoms with E-state index in [1.807, 2.05) is 58.0 Å². The molecule has 1 aliphatic heterocycles. The van der Waals surface area contributed by atoms with E-state index in [9.17, 15) is 0 Å². The zero-order valence-electron chi connectivity index (χ0n) is 14.4. The van der Waals surface area contributed by atoms with E-state index in [-0.39, 0.29) is 5.94 Å². The van der Waals surface area contributed by atoms with Crippen LogP contribution in [0, 0.1) is 0 Å². The smallest absolute Gasteiger partial charge is 0.480 e. The lowest BCUT2D eigenvalue weighted by atomic mass is 9.73. The molecule has 1 fully saturated rings. The topological polar surface area (TPSA) is 53.7 Å². The van der Waals surface area contributed by atoms with Gasteiger partial charge in [-0.1, -0.05) is 30.3 Å². The molecule has 3 rings (SSSR count). The number of ether oxygens (including phenoxy) is 1. The van der Waals surface area contributed by atoms with E-state index in [1.165, 1.54) is 0 Å². The molecule has 1 aliphatic rings. The van der Waals surface area contributed by atoms with Crippen LogP contribution in [0.2, 0.25) is 0 Å². The highest BCUT2D eigenvalue weighted by atomic mass is 16.7. The van der Waals surface area contributed by atoms with Crippen LogP contribution in [0.5, 0.6) is 5.75 Å². The molecule has 1 saturated heterocycles. The molecule has 23 heavy (non-hydrogen) atoms. The first-order valence-electron chi connectivity index (χ1n) is 7.94. The number of hydrogen-bond donors (Lipinski definition) is 1. The standard InChI is InChI=1S/C18H24BNO3/c1-17(2)18(3,4)23-19(22-17)16(20)14-10-11-15(21-5)13-9-7-6-8-12(13)14/h6-11,16H,20H2,1-5H3/t16-/m0/s1. The van der Waals surface area contributed by atoms with Gasteiger partial charge in [-0.25, -0.2) is 0 Å². The van der Waals surface area contributed by atoms with Crippen molar-refractivity contribution in [2.75, 3.05) is 7.11 Å². The number of rotatable bonds is 3. The second-order valence-electron chi connectivity index (χ2n) is 7.05. The third kappa shape index (κ3) is 2.63. The minimum absolute atomic E-state index is 0.369. The lowest BCUT2D eigenvalue weighted by Gasteiger charge is -2.32. The first-order valence-corrected chi connectivity index (χ1v) is 7.94. The van der Waals surface area contributed by atoms with E-state index in [0.29, 0.717) is 0 Å². The Morgan fingerprint density at radius 1 is 0.957 bits per heavy atom. The number of benzene rings is 2. The van der Waals surface area contributed by atoms with Gasteiger partial charge in [-0.15, -0.1) is 0 Å². The van der Waals surface area contributed by atoms with E-state index < -0.39 is 18.3 Å². The van der Waals surface area contributed by atoms with Gasteiger partial charge in [0.15, 0.2) is 0 Å². The third-order valence-corrected chi connectivity index (χ3v) is 5.06. The molecule has 1 atom stereocenters. The molecule has 5 heteroatoms. The maximum Gasteiger partial charge on any atom is 0.480 e. The molecule has 2 N–H and O–H groups in total. The number of methoxy groups -OCH3 is 1. The second kappa shape index (κ2) is 5.51. The Kier molecular flexibility index (Phi) is 3.91. The highest BCUT2D eigenvalue weighted by Crippen LogP contribution is 2.41. The van der Waals surface area contributed by atoms with Crippen LogP contribution in [0.3, 0.4) is 0 Å². The molecule has 0 aliphatic carbocycles. The molecule has 0 amide bonds. The molecule has 2 aromatic rings. The van der Waals surface area contributed by atoms with Gasteiger partial charge < -0.3 is 19.8 Å². The molecule has 2 aromatic carbocycles. The van der Waals surface area contributed by atoms with Crippen LogP contribution in [0.15, 0.2) is 36.4 Å². The highest BCUT2D eigenvalue weighted by Gasteiger charge is 2.53. The number of fused-ring (bicyclic) bond motifs is 1. The van der Waals surface area contributed by atoms with E-state index >= 15 is 0 Å². The van der Waals surface area contributed by atoms with Crippen molar-refractivity contribution in [1.82, 2.24) is 0 Å². The summed E-state index contributed by atoms with van der Waals surface area (Å²) in [7, 11) is 1.20. The van der Waals surface area contributed by atoms with Gasteiger partial charge >= 0.3 is 7.12 Å². The summed E-state index contributed by atoms with van der Waals surface area (Å²) in [5.41, 5.74) is 6.73. The maximum atomic E-state index is 6.51. The van der Waals surface area contributed by atoms with Gasteiger partial charge in [0, 0.05) is 5.39 Å². The maximum absolute atomic E-state index is 6.51. The molecular weight excluding hydrogens is 289 g/mol. The zero-order valence-corrected chi connectivity index (χ0v) is 14.4. The lowest BCUT2D eigenvalue weighted by Crippen LogP contribution is -2.41. The fourth-order valence-electron chi connectivity index (χ4n) is 2.95. The Morgan fingerprint density at radius 3 is 2.09 bits per heavy atom. The molecule has 0 saturated carbocycles. The van der Waals surface area contributed by atoms with Crippen molar-refractivity contribution in [3.8, 4) is 5.75 Å². The predicted molar refractivity (Wildman–Crippen MR) is 93.5 cm³/mol. The SMILES string of the molecule is COc1ccc([C@H](N)B2OC(C)(C)C(C)(C)O2)c2ccccc12. The Hall–Kier alpha value is -1.56. The van der Waals surface area contributed by atoms with E-state index in [1.54, 1.807) is 7.11 Å². The Morgan fingerprint density at radius 2 is 1.52 bits per heavy atom. The molecule has 122 valence electrons. The quantitative estimate of drug-likeness (QED) is 0.882. The van der Waals surface area contributed by atoms with E-state index in [2.05, 4.69) is 6.07 Å². The molecule has 4 nitrogen and oxygen atoms in total.